The van der Waals surface area contributed by atoms with Gasteiger partial charge in [-0.1, -0.05) is 18.2 Å². The average Bonchev–Trinajstić information content (AvgIpc) is 2.93. The Morgan fingerprint density at radius 1 is 1.14 bits per heavy atom. The normalized spacial score (nSPS) is 13.9. The van der Waals surface area contributed by atoms with E-state index < -0.39 is 11.7 Å². The summed E-state index contributed by atoms with van der Waals surface area (Å²) in [5.41, 5.74) is 7.44. The summed E-state index contributed by atoms with van der Waals surface area (Å²) < 4.78 is 44.9. The minimum Gasteiger partial charge on any atom is -0.493 e. The largest absolute Gasteiger partial charge is 0.493 e. The number of alkyl halides is 3. The van der Waals surface area contributed by atoms with Crippen LogP contribution in [0.15, 0.2) is 36.4 Å². The first-order valence-electron chi connectivity index (χ1n) is 6.66. The summed E-state index contributed by atoms with van der Waals surface area (Å²) in [7, 11) is 0. The Hall–Kier alpha value is -2.01. The van der Waals surface area contributed by atoms with Crippen LogP contribution in [0.2, 0.25) is 0 Å². The highest BCUT2D eigenvalue weighted by Crippen LogP contribution is 2.40. The predicted molar refractivity (Wildman–Crippen MR) is 74.0 cm³/mol. The van der Waals surface area contributed by atoms with E-state index in [9.17, 15) is 13.2 Å². The Morgan fingerprint density at radius 3 is 2.62 bits per heavy atom. The Kier molecular flexibility index (Phi) is 3.37. The molecular weight excluding hydrogens is 279 g/mol. The zero-order valence-corrected chi connectivity index (χ0v) is 11.2. The van der Waals surface area contributed by atoms with E-state index in [0.29, 0.717) is 18.6 Å². The lowest BCUT2D eigenvalue weighted by Gasteiger charge is -2.15. The van der Waals surface area contributed by atoms with E-state index in [2.05, 4.69) is 0 Å². The van der Waals surface area contributed by atoms with Crippen LogP contribution in [0.25, 0.3) is 11.1 Å². The van der Waals surface area contributed by atoms with Crippen LogP contribution in [0, 0.1) is 0 Å². The minimum absolute atomic E-state index is 0.175. The Bertz CT molecular complexity index is 680. The first kappa shape index (κ1) is 13.9. The number of nitrogens with two attached hydrogens (primary N) is 1. The van der Waals surface area contributed by atoms with Gasteiger partial charge in [0.15, 0.2) is 0 Å². The molecule has 0 fully saturated rings. The highest BCUT2D eigenvalue weighted by atomic mass is 19.4. The summed E-state index contributed by atoms with van der Waals surface area (Å²) in [6.45, 7) is 0.789. The van der Waals surface area contributed by atoms with E-state index in [-0.39, 0.29) is 12.1 Å². The topological polar surface area (TPSA) is 35.2 Å². The summed E-state index contributed by atoms with van der Waals surface area (Å²) in [4.78, 5) is 0. The van der Waals surface area contributed by atoms with Gasteiger partial charge in [0.1, 0.15) is 5.75 Å². The molecular formula is C16H14F3NO. The summed E-state index contributed by atoms with van der Waals surface area (Å²) in [6.07, 6.45) is -3.68. The van der Waals surface area contributed by atoms with Gasteiger partial charge >= 0.3 is 6.18 Å². The van der Waals surface area contributed by atoms with Gasteiger partial charge in [-0.15, -0.1) is 0 Å². The molecule has 110 valence electrons. The van der Waals surface area contributed by atoms with Crippen LogP contribution in [0.5, 0.6) is 5.75 Å². The van der Waals surface area contributed by atoms with Gasteiger partial charge in [-0.05, 0) is 34.9 Å². The molecule has 1 heterocycles. The smallest absolute Gasteiger partial charge is 0.417 e. The number of benzene rings is 2. The molecule has 3 rings (SSSR count). The number of halogens is 3. The monoisotopic (exact) mass is 293 g/mol. The van der Waals surface area contributed by atoms with E-state index in [4.69, 9.17) is 10.5 Å². The van der Waals surface area contributed by atoms with Crippen molar-refractivity contribution in [1.29, 1.82) is 0 Å². The van der Waals surface area contributed by atoms with Gasteiger partial charge in [0, 0.05) is 18.5 Å². The fourth-order valence-electron chi connectivity index (χ4n) is 2.68. The van der Waals surface area contributed by atoms with Crippen molar-refractivity contribution in [3.63, 3.8) is 0 Å². The molecule has 0 unspecified atom stereocenters. The van der Waals surface area contributed by atoms with Gasteiger partial charge in [-0.3, -0.25) is 0 Å². The number of hydrogen-bond acceptors (Lipinski definition) is 2. The van der Waals surface area contributed by atoms with Crippen molar-refractivity contribution in [1.82, 2.24) is 0 Å². The molecule has 21 heavy (non-hydrogen) atoms. The maximum absolute atomic E-state index is 13.1. The van der Waals surface area contributed by atoms with Crippen LogP contribution >= 0.6 is 0 Å². The minimum atomic E-state index is -4.38. The molecule has 5 heteroatoms. The van der Waals surface area contributed by atoms with Gasteiger partial charge in [-0.2, -0.15) is 13.2 Å². The lowest BCUT2D eigenvalue weighted by atomic mass is 9.94. The van der Waals surface area contributed by atoms with E-state index in [0.717, 1.165) is 22.9 Å². The molecule has 0 radical (unpaired) electrons. The second kappa shape index (κ2) is 5.07. The van der Waals surface area contributed by atoms with Crippen molar-refractivity contribution < 1.29 is 17.9 Å². The van der Waals surface area contributed by atoms with Crippen molar-refractivity contribution in [2.24, 2.45) is 5.73 Å². The highest BCUT2D eigenvalue weighted by Gasteiger charge is 2.33. The van der Waals surface area contributed by atoms with E-state index >= 15 is 0 Å². The average molecular weight is 293 g/mol. The lowest BCUT2D eigenvalue weighted by molar-refractivity contribution is -0.137. The highest BCUT2D eigenvalue weighted by molar-refractivity contribution is 5.71. The molecule has 2 aromatic carbocycles. The summed E-state index contributed by atoms with van der Waals surface area (Å²) >= 11 is 0. The molecule has 0 saturated carbocycles. The Morgan fingerprint density at radius 2 is 1.90 bits per heavy atom. The Labute approximate surface area is 120 Å². The number of fused-ring (bicyclic) bond motifs is 1. The fraction of sp³-hybridized carbons (Fsp3) is 0.250. The molecule has 0 aromatic heterocycles. The molecule has 2 N–H and O–H groups in total. The molecule has 0 spiro atoms. The maximum atomic E-state index is 13.1. The lowest BCUT2D eigenvalue weighted by Crippen LogP contribution is -2.07. The molecule has 0 aliphatic carbocycles. The maximum Gasteiger partial charge on any atom is 0.417 e. The molecule has 0 bridgehead atoms. The second-order valence-corrected chi connectivity index (χ2v) is 4.97. The van der Waals surface area contributed by atoms with Crippen molar-refractivity contribution >= 4 is 0 Å². The van der Waals surface area contributed by atoms with Gasteiger partial charge < -0.3 is 10.5 Å². The predicted octanol–water partition coefficient (Wildman–Crippen LogP) is 3.77. The number of ether oxygens (including phenoxy) is 1. The molecule has 0 saturated heterocycles. The van der Waals surface area contributed by atoms with Crippen LogP contribution in [-0.4, -0.2) is 6.61 Å². The number of rotatable bonds is 2. The standard InChI is InChI=1S/C16H14F3NO/c17-16(18,19)14-4-2-1-3-13(14)11-7-10-5-6-21-15(10)12(8-11)9-20/h1-4,7-8H,5-6,9,20H2. The molecule has 2 nitrogen and oxygen atoms in total. The quantitative estimate of drug-likeness (QED) is 0.915. The summed E-state index contributed by atoms with van der Waals surface area (Å²) in [6, 6.07) is 9.05. The summed E-state index contributed by atoms with van der Waals surface area (Å²) in [5.74, 6) is 0.728. The van der Waals surface area contributed by atoms with Crippen molar-refractivity contribution in [3.05, 3.63) is 53.1 Å². The van der Waals surface area contributed by atoms with Crippen LogP contribution in [-0.2, 0) is 19.1 Å². The van der Waals surface area contributed by atoms with Gasteiger partial charge in [0.25, 0.3) is 0 Å². The molecule has 1 aliphatic rings. The van der Waals surface area contributed by atoms with Crippen molar-refractivity contribution in [3.8, 4) is 16.9 Å². The molecule has 0 atom stereocenters. The second-order valence-electron chi connectivity index (χ2n) is 4.97. The molecule has 0 amide bonds. The van der Waals surface area contributed by atoms with E-state index in [1.165, 1.54) is 12.1 Å². The van der Waals surface area contributed by atoms with Crippen molar-refractivity contribution in [2.45, 2.75) is 19.1 Å². The van der Waals surface area contributed by atoms with Crippen LogP contribution in [0.1, 0.15) is 16.7 Å². The third kappa shape index (κ3) is 2.49. The van der Waals surface area contributed by atoms with E-state index in [1.807, 2.05) is 0 Å². The van der Waals surface area contributed by atoms with Gasteiger partial charge in [0.2, 0.25) is 0 Å². The first-order chi connectivity index (χ1) is 10.0. The molecule has 1 aliphatic heterocycles. The molecule has 2 aromatic rings. The van der Waals surface area contributed by atoms with E-state index in [1.54, 1.807) is 18.2 Å². The zero-order valence-electron chi connectivity index (χ0n) is 11.2. The van der Waals surface area contributed by atoms with Gasteiger partial charge in [-0.25, -0.2) is 0 Å². The third-order valence-electron chi connectivity index (χ3n) is 3.62. The van der Waals surface area contributed by atoms with Crippen LogP contribution in [0.4, 0.5) is 13.2 Å². The van der Waals surface area contributed by atoms with Crippen molar-refractivity contribution in [2.75, 3.05) is 6.61 Å². The first-order valence-corrected chi connectivity index (χ1v) is 6.66. The zero-order chi connectivity index (χ0) is 15.0. The summed E-state index contributed by atoms with van der Waals surface area (Å²) in [5, 5.41) is 0. The Balaban J connectivity index is 2.18. The number of hydrogen-bond donors (Lipinski definition) is 1. The van der Waals surface area contributed by atoms with Crippen LogP contribution < -0.4 is 10.5 Å². The van der Waals surface area contributed by atoms with Gasteiger partial charge in [0.05, 0.1) is 12.2 Å². The fourth-order valence-corrected chi connectivity index (χ4v) is 2.68. The van der Waals surface area contributed by atoms with Crippen LogP contribution in [0.3, 0.4) is 0 Å². The SMILES string of the molecule is NCc1cc(-c2ccccc2C(F)(F)F)cc2c1OCC2. The third-order valence-corrected chi connectivity index (χ3v) is 3.62.